The van der Waals surface area contributed by atoms with Gasteiger partial charge in [-0.25, -0.2) is 0 Å². The van der Waals surface area contributed by atoms with Gasteiger partial charge in [0.15, 0.2) is 6.29 Å². The Bertz CT molecular complexity index is 339. The molecule has 0 spiro atoms. The average molecular weight is 368 g/mol. The maximum atomic E-state index is 5.64. The highest BCUT2D eigenvalue weighted by Crippen LogP contribution is 2.28. The first kappa shape index (κ1) is 15.0. The minimum Gasteiger partial charge on any atom is -0.487 e. The molecule has 0 aliphatic carbocycles. The van der Waals surface area contributed by atoms with Crippen molar-refractivity contribution in [1.29, 1.82) is 0 Å². The molecule has 0 saturated heterocycles. The molecule has 3 nitrogen and oxygen atoms in total. The highest BCUT2D eigenvalue weighted by molar-refractivity contribution is 9.11. The highest BCUT2D eigenvalue weighted by atomic mass is 79.9. The minimum absolute atomic E-state index is 0.319. The van der Waals surface area contributed by atoms with E-state index in [4.69, 9.17) is 14.2 Å². The van der Waals surface area contributed by atoms with E-state index in [1.807, 2.05) is 32.0 Å². The van der Waals surface area contributed by atoms with Crippen LogP contribution in [0.3, 0.4) is 0 Å². The van der Waals surface area contributed by atoms with Crippen molar-refractivity contribution < 1.29 is 14.2 Å². The molecule has 1 aromatic rings. The quantitative estimate of drug-likeness (QED) is 0.682. The lowest BCUT2D eigenvalue weighted by Gasteiger charge is -2.18. The second-order valence-corrected chi connectivity index (χ2v) is 5.00. The van der Waals surface area contributed by atoms with Gasteiger partial charge in [0.1, 0.15) is 12.4 Å². The number of rotatable bonds is 7. The SMILES string of the molecule is CCOC(COc1ccc(Br)cc1Br)OCC. The van der Waals surface area contributed by atoms with Crippen LogP contribution in [0.1, 0.15) is 13.8 Å². The van der Waals surface area contributed by atoms with Crippen molar-refractivity contribution in [2.24, 2.45) is 0 Å². The summed E-state index contributed by atoms with van der Waals surface area (Å²) in [5, 5.41) is 0. The maximum Gasteiger partial charge on any atom is 0.191 e. The molecular weight excluding hydrogens is 352 g/mol. The zero-order valence-corrected chi connectivity index (χ0v) is 13.1. The molecule has 1 aromatic carbocycles. The summed E-state index contributed by atoms with van der Waals surface area (Å²) in [5.74, 6) is 0.776. The van der Waals surface area contributed by atoms with Crippen LogP contribution in [-0.4, -0.2) is 26.1 Å². The summed E-state index contributed by atoms with van der Waals surface area (Å²) in [6.45, 7) is 5.45. The van der Waals surface area contributed by atoms with Gasteiger partial charge in [0, 0.05) is 17.7 Å². The van der Waals surface area contributed by atoms with Crippen LogP contribution in [0.15, 0.2) is 27.1 Å². The minimum atomic E-state index is -0.319. The molecule has 0 radical (unpaired) electrons. The van der Waals surface area contributed by atoms with E-state index in [2.05, 4.69) is 31.9 Å². The molecule has 0 saturated carbocycles. The van der Waals surface area contributed by atoms with E-state index in [1.54, 1.807) is 0 Å². The first-order valence-electron chi connectivity index (χ1n) is 5.48. The molecule has 0 aliphatic heterocycles. The molecule has 0 fully saturated rings. The van der Waals surface area contributed by atoms with Crippen molar-refractivity contribution >= 4 is 31.9 Å². The van der Waals surface area contributed by atoms with Crippen molar-refractivity contribution in [2.75, 3.05) is 19.8 Å². The van der Waals surface area contributed by atoms with E-state index in [0.29, 0.717) is 19.8 Å². The molecular formula is C12H16Br2O3. The lowest BCUT2D eigenvalue weighted by atomic mass is 10.3. The van der Waals surface area contributed by atoms with Crippen molar-refractivity contribution in [3.05, 3.63) is 27.1 Å². The molecule has 0 aromatic heterocycles. The van der Waals surface area contributed by atoms with Gasteiger partial charge in [0.2, 0.25) is 0 Å². The predicted molar refractivity (Wildman–Crippen MR) is 74.4 cm³/mol. The maximum absolute atomic E-state index is 5.64. The Morgan fingerprint density at radius 2 is 1.76 bits per heavy atom. The normalized spacial score (nSPS) is 10.9. The van der Waals surface area contributed by atoms with Crippen molar-refractivity contribution in [3.63, 3.8) is 0 Å². The largest absolute Gasteiger partial charge is 0.487 e. The molecule has 0 bridgehead atoms. The molecule has 0 heterocycles. The Morgan fingerprint density at radius 3 is 2.29 bits per heavy atom. The predicted octanol–water partition coefficient (Wildman–Crippen LogP) is 3.99. The summed E-state index contributed by atoms with van der Waals surface area (Å²) in [6, 6.07) is 5.76. The molecule has 0 unspecified atom stereocenters. The summed E-state index contributed by atoms with van der Waals surface area (Å²) in [6.07, 6.45) is -0.319. The fourth-order valence-corrected chi connectivity index (χ4v) is 2.43. The second kappa shape index (κ2) is 8.08. The van der Waals surface area contributed by atoms with E-state index >= 15 is 0 Å². The fraction of sp³-hybridized carbons (Fsp3) is 0.500. The summed E-state index contributed by atoms with van der Waals surface area (Å²) >= 11 is 6.83. The van der Waals surface area contributed by atoms with Crippen LogP contribution in [-0.2, 0) is 9.47 Å². The van der Waals surface area contributed by atoms with Crippen molar-refractivity contribution in [3.8, 4) is 5.75 Å². The zero-order valence-electron chi connectivity index (χ0n) is 9.91. The van der Waals surface area contributed by atoms with Gasteiger partial charge < -0.3 is 14.2 Å². The van der Waals surface area contributed by atoms with Gasteiger partial charge in [-0.05, 0) is 48.0 Å². The third kappa shape index (κ3) is 5.38. The standard InChI is InChI=1S/C12H16Br2O3/c1-3-15-12(16-4-2)8-17-11-6-5-9(13)7-10(11)14/h5-7,12H,3-4,8H2,1-2H3. The van der Waals surface area contributed by atoms with Crippen LogP contribution < -0.4 is 4.74 Å². The molecule has 0 N–H and O–H groups in total. The Hall–Kier alpha value is -0.100. The fourth-order valence-electron chi connectivity index (χ4n) is 1.27. The summed E-state index contributed by atoms with van der Waals surface area (Å²) in [5.41, 5.74) is 0. The van der Waals surface area contributed by atoms with Crippen LogP contribution in [0, 0.1) is 0 Å². The molecule has 0 amide bonds. The topological polar surface area (TPSA) is 27.7 Å². The van der Waals surface area contributed by atoms with Crippen molar-refractivity contribution in [1.82, 2.24) is 0 Å². The third-order valence-electron chi connectivity index (χ3n) is 1.97. The van der Waals surface area contributed by atoms with Crippen LogP contribution >= 0.6 is 31.9 Å². The summed E-state index contributed by atoms with van der Waals surface area (Å²) < 4.78 is 18.3. The van der Waals surface area contributed by atoms with Gasteiger partial charge >= 0.3 is 0 Å². The van der Waals surface area contributed by atoms with Crippen LogP contribution in [0.4, 0.5) is 0 Å². The highest BCUT2D eigenvalue weighted by Gasteiger charge is 2.10. The Labute approximate surface area is 119 Å². The first-order valence-corrected chi connectivity index (χ1v) is 7.07. The number of hydrogen-bond donors (Lipinski definition) is 0. The summed E-state index contributed by atoms with van der Waals surface area (Å²) in [7, 11) is 0. The second-order valence-electron chi connectivity index (χ2n) is 3.23. The van der Waals surface area contributed by atoms with E-state index in [-0.39, 0.29) is 6.29 Å². The third-order valence-corrected chi connectivity index (χ3v) is 3.09. The molecule has 0 atom stereocenters. The van der Waals surface area contributed by atoms with E-state index in [1.165, 1.54) is 0 Å². The number of halogens is 2. The van der Waals surface area contributed by atoms with Gasteiger partial charge in [0.25, 0.3) is 0 Å². The lowest BCUT2D eigenvalue weighted by Crippen LogP contribution is -2.25. The van der Waals surface area contributed by atoms with Gasteiger partial charge in [-0.1, -0.05) is 15.9 Å². The lowest BCUT2D eigenvalue weighted by molar-refractivity contribution is -0.152. The monoisotopic (exact) mass is 366 g/mol. The molecule has 96 valence electrons. The van der Waals surface area contributed by atoms with Crippen LogP contribution in [0.5, 0.6) is 5.75 Å². The number of hydrogen-bond acceptors (Lipinski definition) is 3. The Balaban J connectivity index is 2.52. The van der Waals surface area contributed by atoms with Gasteiger partial charge in [-0.2, -0.15) is 0 Å². The Morgan fingerprint density at radius 1 is 1.12 bits per heavy atom. The summed E-state index contributed by atoms with van der Waals surface area (Å²) in [4.78, 5) is 0. The van der Waals surface area contributed by atoms with Gasteiger partial charge in [-0.3, -0.25) is 0 Å². The molecule has 17 heavy (non-hydrogen) atoms. The molecule has 5 heteroatoms. The van der Waals surface area contributed by atoms with Crippen LogP contribution in [0.25, 0.3) is 0 Å². The van der Waals surface area contributed by atoms with Gasteiger partial charge in [-0.15, -0.1) is 0 Å². The Kier molecular flexibility index (Phi) is 7.11. The molecule has 1 rings (SSSR count). The van der Waals surface area contributed by atoms with Gasteiger partial charge in [0.05, 0.1) is 4.47 Å². The smallest absolute Gasteiger partial charge is 0.191 e. The number of benzene rings is 1. The first-order chi connectivity index (χ1) is 8.17. The van der Waals surface area contributed by atoms with E-state index < -0.39 is 0 Å². The molecule has 0 aliphatic rings. The number of ether oxygens (including phenoxy) is 3. The van der Waals surface area contributed by atoms with E-state index in [0.717, 1.165) is 14.7 Å². The average Bonchev–Trinajstić information content (AvgIpc) is 2.28. The van der Waals surface area contributed by atoms with E-state index in [9.17, 15) is 0 Å². The zero-order chi connectivity index (χ0) is 12.7. The van der Waals surface area contributed by atoms with Crippen LogP contribution in [0.2, 0.25) is 0 Å². The van der Waals surface area contributed by atoms with Crippen molar-refractivity contribution in [2.45, 2.75) is 20.1 Å².